The van der Waals surface area contributed by atoms with Gasteiger partial charge in [-0.15, -0.1) is 0 Å². The molecule has 0 saturated carbocycles. The number of carbonyl (C=O) groups excluding carboxylic acids is 1. The number of phenols is 1. The molecule has 1 rings (SSSR count). The van der Waals surface area contributed by atoms with Gasteiger partial charge in [-0.25, -0.2) is 8.76 Å². The van der Waals surface area contributed by atoms with Gasteiger partial charge in [-0.3, -0.25) is 9.36 Å². The van der Waals surface area contributed by atoms with Crippen molar-refractivity contribution in [2.45, 2.75) is 51.2 Å². The van der Waals surface area contributed by atoms with Crippen LogP contribution < -0.4 is 11.0 Å². The maximum atomic E-state index is 12.7. The van der Waals surface area contributed by atoms with Gasteiger partial charge in [0.2, 0.25) is 0 Å². The Balaban J connectivity index is 4.15. The highest BCUT2D eigenvalue weighted by Gasteiger charge is 2.43. The molecule has 0 aromatic heterocycles. The normalized spacial score (nSPS) is 14.6. The van der Waals surface area contributed by atoms with E-state index in [0.717, 1.165) is 13.0 Å². The summed E-state index contributed by atoms with van der Waals surface area (Å²) in [6.07, 6.45) is -0.609. The Bertz CT molecular complexity index is 1020. The monoisotopic (exact) mass is 471 g/mol. The second-order valence-corrected chi connectivity index (χ2v) is 9.90. The molecular formula is C18H22N3O8PS. The minimum absolute atomic E-state index is 0.319. The summed E-state index contributed by atoms with van der Waals surface area (Å²) in [5.41, 5.74) is 0.709. The lowest BCUT2D eigenvalue weighted by atomic mass is 9.82. The van der Waals surface area contributed by atoms with Crippen LogP contribution in [0.3, 0.4) is 0 Å². The van der Waals surface area contributed by atoms with Crippen molar-refractivity contribution in [1.29, 1.82) is 10.5 Å². The summed E-state index contributed by atoms with van der Waals surface area (Å²) >= 11 is 3.35. The fraction of sp³-hybridized carbons (Fsp3) is 0.444. The molecule has 13 heteroatoms. The van der Waals surface area contributed by atoms with E-state index in [1.807, 2.05) is 0 Å². The van der Waals surface area contributed by atoms with Crippen molar-refractivity contribution in [2.75, 3.05) is 0 Å². The highest BCUT2D eigenvalue weighted by atomic mass is 32.1. The molecular weight excluding hydrogens is 449 g/mol. The molecule has 2 unspecified atom stereocenters. The van der Waals surface area contributed by atoms with E-state index < -0.39 is 65.2 Å². The number of rotatable bonds is 7. The van der Waals surface area contributed by atoms with E-state index in [-0.39, 0.29) is 5.56 Å². The number of ether oxygens (including phenoxy) is 1. The first-order valence-electron chi connectivity index (χ1n) is 8.64. The van der Waals surface area contributed by atoms with Crippen molar-refractivity contribution in [2.24, 2.45) is 5.73 Å². The summed E-state index contributed by atoms with van der Waals surface area (Å²) in [6.45, 7) is 5.67. The smallest absolute Gasteiger partial charge is 0.370 e. The van der Waals surface area contributed by atoms with E-state index in [1.165, 1.54) is 0 Å². The molecule has 1 aromatic carbocycles. The van der Waals surface area contributed by atoms with E-state index >= 15 is 0 Å². The largest absolute Gasteiger partial charge is 0.507 e. The van der Waals surface area contributed by atoms with Gasteiger partial charge in [0.15, 0.2) is 5.41 Å². The summed E-state index contributed by atoms with van der Waals surface area (Å²) in [6, 6.07) is 2.53. The van der Waals surface area contributed by atoms with Crippen LogP contribution in [0, 0.1) is 22.7 Å². The Kier molecular flexibility index (Phi) is 7.90. The minimum Gasteiger partial charge on any atom is -0.507 e. The SMILES string of the molecule is CC(C)(C)OC(=O)c1cc(CC(N)C(=O)O)c(P(=O)(O)OS)c(C(C)(C#N)C#N)c1O. The van der Waals surface area contributed by atoms with Gasteiger partial charge in [0, 0.05) is 5.56 Å². The van der Waals surface area contributed by atoms with E-state index in [9.17, 15) is 34.7 Å². The van der Waals surface area contributed by atoms with Crippen LogP contribution in [-0.2, 0) is 29.9 Å². The first-order chi connectivity index (χ1) is 14.0. The van der Waals surface area contributed by atoms with Crippen LogP contribution in [0.1, 0.15) is 49.2 Å². The predicted molar refractivity (Wildman–Crippen MR) is 111 cm³/mol. The molecule has 0 fully saturated rings. The zero-order valence-corrected chi connectivity index (χ0v) is 18.9. The lowest BCUT2D eigenvalue weighted by molar-refractivity contribution is -0.138. The topological polar surface area (TPSA) is 204 Å². The maximum absolute atomic E-state index is 12.7. The number of thiol groups is 1. The van der Waals surface area contributed by atoms with E-state index in [4.69, 9.17) is 15.6 Å². The molecule has 1 aromatic rings. The molecule has 0 radical (unpaired) electrons. The average Bonchev–Trinajstić information content (AvgIpc) is 2.66. The number of carboxylic acids is 1. The van der Waals surface area contributed by atoms with Crippen LogP contribution in [0.15, 0.2) is 6.07 Å². The third-order valence-electron chi connectivity index (χ3n) is 4.07. The first-order valence-corrected chi connectivity index (χ1v) is 10.6. The van der Waals surface area contributed by atoms with Crippen LogP contribution in [0.25, 0.3) is 0 Å². The van der Waals surface area contributed by atoms with Crippen LogP contribution in [0.2, 0.25) is 0 Å². The van der Waals surface area contributed by atoms with Gasteiger partial charge >= 0.3 is 19.5 Å². The molecule has 2 atom stereocenters. The first kappa shape index (κ1) is 26.4. The summed E-state index contributed by atoms with van der Waals surface area (Å²) in [7, 11) is -4.93. The van der Waals surface area contributed by atoms with Crippen LogP contribution in [-0.4, -0.2) is 38.7 Å². The van der Waals surface area contributed by atoms with E-state index in [1.54, 1.807) is 32.9 Å². The molecule has 0 aliphatic rings. The third kappa shape index (κ3) is 5.76. The lowest BCUT2D eigenvalue weighted by Crippen LogP contribution is -2.36. The summed E-state index contributed by atoms with van der Waals surface area (Å²) in [5, 5.41) is 38.3. The summed E-state index contributed by atoms with van der Waals surface area (Å²) < 4.78 is 22.3. The van der Waals surface area contributed by atoms with Crippen molar-refractivity contribution in [1.82, 2.24) is 0 Å². The molecule has 0 bridgehead atoms. The van der Waals surface area contributed by atoms with Gasteiger partial charge < -0.3 is 25.6 Å². The number of benzene rings is 1. The number of aromatic hydroxyl groups is 1. The Labute approximate surface area is 184 Å². The van der Waals surface area contributed by atoms with Gasteiger partial charge in [-0.2, -0.15) is 10.5 Å². The number of carboxylic acid groups (broad SMARTS) is 1. The van der Waals surface area contributed by atoms with Crippen molar-refractivity contribution in [3.8, 4) is 17.9 Å². The van der Waals surface area contributed by atoms with E-state index in [2.05, 4.69) is 16.9 Å². The predicted octanol–water partition coefficient (Wildman–Crippen LogP) is 1.28. The second kappa shape index (κ2) is 9.27. The highest BCUT2D eigenvalue weighted by Crippen LogP contribution is 2.49. The average molecular weight is 471 g/mol. The third-order valence-corrected chi connectivity index (χ3v) is 6.03. The second-order valence-electron chi connectivity index (χ2n) is 7.76. The maximum Gasteiger partial charge on any atom is 0.370 e. The number of carbonyl (C=O) groups is 2. The zero-order chi connectivity index (χ0) is 24.4. The molecule has 0 spiro atoms. The quantitative estimate of drug-likeness (QED) is 0.166. The standard InChI is InChI=1S/C18H22N3O8PS/c1-17(2,3)28-16(25)10-5-9(6-11(21)15(23)24)14(30(26,27)29-31)12(13(10)22)18(4,7-19)8-20/h5,11,22,31H,6,21H2,1-4H3,(H,23,24)(H,26,27). The Morgan fingerprint density at radius 2 is 1.81 bits per heavy atom. The number of phenolic OH excluding ortho intramolecular Hbond substituents is 1. The summed E-state index contributed by atoms with van der Waals surface area (Å²) in [5.74, 6) is -3.52. The minimum atomic E-state index is -4.93. The van der Waals surface area contributed by atoms with Gasteiger partial charge in [0.25, 0.3) is 0 Å². The van der Waals surface area contributed by atoms with Gasteiger partial charge in [0.05, 0.1) is 17.4 Å². The van der Waals surface area contributed by atoms with Crippen LogP contribution in [0.5, 0.6) is 5.75 Å². The molecule has 0 aliphatic heterocycles. The molecule has 11 nitrogen and oxygen atoms in total. The van der Waals surface area contributed by atoms with Crippen molar-refractivity contribution in [3.63, 3.8) is 0 Å². The van der Waals surface area contributed by atoms with Gasteiger partial charge in [-0.05, 0) is 58.7 Å². The molecule has 0 aliphatic carbocycles. The van der Waals surface area contributed by atoms with Gasteiger partial charge in [0.1, 0.15) is 23.0 Å². The number of nitriles is 2. The number of nitrogens with two attached hydrogens (primary N) is 1. The van der Waals surface area contributed by atoms with Crippen molar-refractivity contribution >= 4 is 37.7 Å². The number of hydrogen-bond donors (Lipinski definition) is 5. The molecule has 0 heterocycles. The zero-order valence-electron chi connectivity index (χ0n) is 17.1. The fourth-order valence-electron chi connectivity index (χ4n) is 2.66. The Hall–Kier alpha value is -2.60. The van der Waals surface area contributed by atoms with Crippen LogP contribution >= 0.6 is 20.5 Å². The molecule has 0 amide bonds. The highest BCUT2D eigenvalue weighted by molar-refractivity contribution is 7.83. The molecule has 0 saturated heterocycles. The van der Waals surface area contributed by atoms with Crippen molar-refractivity contribution in [3.05, 3.63) is 22.8 Å². The van der Waals surface area contributed by atoms with Crippen LogP contribution in [0.4, 0.5) is 0 Å². The fourth-order valence-corrected chi connectivity index (χ4v) is 4.12. The number of esters is 1. The van der Waals surface area contributed by atoms with Gasteiger partial charge in [-0.1, -0.05) is 0 Å². The van der Waals surface area contributed by atoms with Crippen molar-refractivity contribution < 1.29 is 38.0 Å². The number of aliphatic carboxylic acids is 1. The Morgan fingerprint density at radius 1 is 1.29 bits per heavy atom. The number of nitrogens with zero attached hydrogens (tertiary/aromatic N) is 2. The lowest BCUT2D eigenvalue weighted by Gasteiger charge is -2.26. The molecule has 31 heavy (non-hydrogen) atoms. The Morgan fingerprint density at radius 3 is 2.19 bits per heavy atom. The molecule has 168 valence electrons. The van der Waals surface area contributed by atoms with E-state index in [0.29, 0.717) is 0 Å². The summed E-state index contributed by atoms with van der Waals surface area (Å²) in [4.78, 5) is 34.2. The molecule has 5 N–H and O–H groups in total. The number of hydrogen-bond acceptors (Lipinski definition) is 10.